The van der Waals surface area contributed by atoms with E-state index in [-0.39, 0.29) is 12.1 Å². The lowest BCUT2D eigenvalue weighted by atomic mass is 10.1. The lowest BCUT2D eigenvalue weighted by molar-refractivity contribution is -0.163. The zero-order valence-electron chi connectivity index (χ0n) is 7.06. The zero-order chi connectivity index (χ0) is 9.59. The van der Waals surface area contributed by atoms with E-state index in [2.05, 4.69) is 0 Å². The Bertz CT molecular complexity index is 309. The number of carboxylic acids is 1. The van der Waals surface area contributed by atoms with E-state index in [0.29, 0.717) is 12.2 Å². The molecule has 2 heterocycles. The smallest absolute Gasteiger partial charge is 0.334 e. The molecule has 2 unspecified atom stereocenters. The van der Waals surface area contributed by atoms with E-state index in [1.165, 1.54) is 4.90 Å². The van der Waals surface area contributed by atoms with Crippen LogP contribution in [-0.4, -0.2) is 34.2 Å². The number of carbonyl (C=O) groups is 2. The van der Waals surface area contributed by atoms with Crippen molar-refractivity contribution >= 4 is 11.9 Å². The van der Waals surface area contributed by atoms with Gasteiger partial charge in [-0.25, -0.2) is 4.79 Å². The summed E-state index contributed by atoms with van der Waals surface area (Å²) in [5, 5.41) is 8.84. The Morgan fingerprint density at radius 3 is 2.92 bits per heavy atom. The normalized spacial score (nSPS) is 34.1. The Morgan fingerprint density at radius 1 is 1.77 bits per heavy atom. The minimum atomic E-state index is -1.04. The highest BCUT2D eigenvalue weighted by atomic mass is 16.5. The van der Waals surface area contributed by atoms with Crippen molar-refractivity contribution in [3.63, 3.8) is 0 Å². The Kier molecular flexibility index (Phi) is 1.55. The van der Waals surface area contributed by atoms with Crippen LogP contribution in [-0.2, 0) is 14.3 Å². The van der Waals surface area contributed by atoms with Gasteiger partial charge in [0.2, 0.25) is 5.91 Å². The molecule has 0 saturated carbocycles. The average molecular weight is 183 g/mol. The molecule has 0 radical (unpaired) electrons. The van der Waals surface area contributed by atoms with Crippen LogP contribution in [0.5, 0.6) is 0 Å². The maximum Gasteiger partial charge on any atom is 0.334 e. The maximum absolute atomic E-state index is 11.0. The fourth-order valence-electron chi connectivity index (χ4n) is 1.64. The van der Waals surface area contributed by atoms with Crippen molar-refractivity contribution < 1.29 is 19.4 Å². The lowest BCUT2D eigenvalue weighted by Crippen LogP contribution is -2.54. The van der Waals surface area contributed by atoms with E-state index < -0.39 is 12.0 Å². The van der Waals surface area contributed by atoms with Crippen molar-refractivity contribution in [1.29, 1.82) is 0 Å². The molecule has 0 aromatic rings. The predicted octanol–water partition coefficient (Wildman–Crippen LogP) is -0.0680. The molecule has 1 amide bonds. The van der Waals surface area contributed by atoms with Gasteiger partial charge in [-0.15, -0.1) is 0 Å². The average Bonchev–Trinajstić information content (AvgIpc) is 2.37. The van der Waals surface area contributed by atoms with Crippen LogP contribution in [0.15, 0.2) is 11.8 Å². The number of fused-ring (bicyclic) bond motifs is 1. The molecule has 2 fully saturated rings. The second-order valence-corrected chi connectivity index (χ2v) is 3.01. The molecule has 0 bridgehead atoms. The first-order valence-corrected chi connectivity index (χ1v) is 4.02. The Morgan fingerprint density at radius 2 is 2.46 bits per heavy atom. The monoisotopic (exact) mass is 183 g/mol. The van der Waals surface area contributed by atoms with Crippen molar-refractivity contribution in [2.75, 3.05) is 0 Å². The van der Waals surface area contributed by atoms with Crippen LogP contribution < -0.4 is 0 Å². The minimum absolute atomic E-state index is 0.158. The standard InChI is InChI=1S/C8H9NO4/c1-2-4-7(8(11)12)9-5(10)3-6(9)13-4/h2,6-7H,3H2,1H3,(H,11,12)/b4-2-. The third kappa shape index (κ3) is 0.929. The van der Waals surface area contributed by atoms with Crippen molar-refractivity contribution in [2.45, 2.75) is 25.6 Å². The molecule has 2 atom stereocenters. The fourth-order valence-corrected chi connectivity index (χ4v) is 1.64. The number of carbonyl (C=O) groups excluding carboxylic acids is 1. The van der Waals surface area contributed by atoms with Crippen LogP contribution in [0.1, 0.15) is 13.3 Å². The first-order chi connectivity index (χ1) is 6.15. The van der Waals surface area contributed by atoms with Gasteiger partial charge in [0.25, 0.3) is 0 Å². The summed E-state index contributed by atoms with van der Waals surface area (Å²) in [5.74, 6) is -0.832. The summed E-state index contributed by atoms with van der Waals surface area (Å²) in [7, 11) is 0. The molecule has 0 spiro atoms. The molecule has 5 heteroatoms. The van der Waals surface area contributed by atoms with E-state index in [0.717, 1.165) is 0 Å². The number of amides is 1. The number of aliphatic carboxylic acids is 1. The van der Waals surface area contributed by atoms with Gasteiger partial charge in [-0.1, -0.05) is 0 Å². The van der Waals surface area contributed by atoms with Crippen LogP contribution in [0, 0.1) is 0 Å². The van der Waals surface area contributed by atoms with E-state index in [9.17, 15) is 9.59 Å². The number of hydrogen-bond donors (Lipinski definition) is 1. The van der Waals surface area contributed by atoms with E-state index in [4.69, 9.17) is 9.84 Å². The number of β-lactam (4-membered cyclic amide) rings is 1. The van der Waals surface area contributed by atoms with Crippen molar-refractivity contribution in [3.8, 4) is 0 Å². The highest BCUT2D eigenvalue weighted by Crippen LogP contribution is 2.36. The number of hydrogen-bond acceptors (Lipinski definition) is 3. The summed E-state index contributed by atoms with van der Waals surface area (Å²) in [6, 6.07) is -0.906. The molecular weight excluding hydrogens is 174 g/mol. The Hall–Kier alpha value is -1.52. The molecule has 0 aliphatic carbocycles. The minimum Gasteiger partial charge on any atom is -0.479 e. The van der Waals surface area contributed by atoms with Gasteiger partial charge < -0.3 is 9.84 Å². The van der Waals surface area contributed by atoms with Gasteiger partial charge in [-0.2, -0.15) is 0 Å². The fraction of sp³-hybridized carbons (Fsp3) is 0.500. The summed E-state index contributed by atoms with van der Waals surface area (Å²) in [6.45, 7) is 1.70. The van der Waals surface area contributed by atoms with Gasteiger partial charge in [-0.05, 0) is 13.0 Å². The summed E-state index contributed by atoms with van der Waals surface area (Å²) in [6.07, 6.45) is 1.53. The second-order valence-electron chi connectivity index (χ2n) is 3.01. The summed E-state index contributed by atoms with van der Waals surface area (Å²) < 4.78 is 5.24. The summed E-state index contributed by atoms with van der Waals surface area (Å²) in [4.78, 5) is 23.1. The third-order valence-electron chi connectivity index (χ3n) is 2.29. The summed E-state index contributed by atoms with van der Waals surface area (Å²) in [5.41, 5.74) is 0. The largest absolute Gasteiger partial charge is 0.479 e. The Labute approximate surface area is 74.6 Å². The molecule has 2 rings (SSSR count). The van der Waals surface area contributed by atoms with Crippen LogP contribution in [0.2, 0.25) is 0 Å². The molecule has 1 N–H and O–H groups in total. The first kappa shape index (κ1) is 8.10. The summed E-state index contributed by atoms with van der Waals surface area (Å²) >= 11 is 0. The molecule has 70 valence electrons. The number of nitrogens with zero attached hydrogens (tertiary/aromatic N) is 1. The van der Waals surface area contributed by atoms with Gasteiger partial charge in [0, 0.05) is 0 Å². The lowest BCUT2D eigenvalue weighted by Gasteiger charge is -2.33. The molecule has 13 heavy (non-hydrogen) atoms. The van der Waals surface area contributed by atoms with E-state index in [1.807, 2.05) is 0 Å². The molecule has 0 aromatic heterocycles. The molecule has 5 nitrogen and oxygen atoms in total. The highest BCUT2D eigenvalue weighted by Gasteiger charge is 2.53. The molecule has 2 aliphatic rings. The van der Waals surface area contributed by atoms with Gasteiger partial charge >= 0.3 is 5.97 Å². The number of ether oxygens (including phenoxy) is 1. The molecule has 0 aromatic carbocycles. The highest BCUT2D eigenvalue weighted by molar-refractivity contribution is 5.91. The zero-order valence-corrected chi connectivity index (χ0v) is 7.06. The first-order valence-electron chi connectivity index (χ1n) is 4.02. The van der Waals surface area contributed by atoms with Crippen LogP contribution in [0.3, 0.4) is 0 Å². The van der Waals surface area contributed by atoms with Crippen LogP contribution >= 0.6 is 0 Å². The number of rotatable bonds is 1. The Balaban J connectivity index is 2.30. The van der Waals surface area contributed by atoms with Crippen molar-refractivity contribution in [2.24, 2.45) is 0 Å². The topological polar surface area (TPSA) is 66.8 Å². The SMILES string of the molecule is C/C=C1\OC2CC(=O)N2C1C(=O)O. The van der Waals surface area contributed by atoms with Gasteiger partial charge in [0.15, 0.2) is 12.3 Å². The van der Waals surface area contributed by atoms with Gasteiger partial charge in [0.1, 0.15) is 5.76 Å². The third-order valence-corrected chi connectivity index (χ3v) is 2.29. The number of allylic oxidation sites excluding steroid dienone is 1. The predicted molar refractivity (Wildman–Crippen MR) is 41.5 cm³/mol. The van der Waals surface area contributed by atoms with Crippen LogP contribution in [0.25, 0.3) is 0 Å². The van der Waals surface area contributed by atoms with E-state index >= 15 is 0 Å². The molecule has 2 saturated heterocycles. The molecular formula is C8H9NO4. The quantitative estimate of drug-likeness (QED) is 0.578. The van der Waals surface area contributed by atoms with Gasteiger partial charge in [-0.3, -0.25) is 9.69 Å². The van der Waals surface area contributed by atoms with Gasteiger partial charge in [0.05, 0.1) is 6.42 Å². The van der Waals surface area contributed by atoms with Crippen molar-refractivity contribution in [1.82, 2.24) is 4.90 Å². The van der Waals surface area contributed by atoms with Crippen molar-refractivity contribution in [3.05, 3.63) is 11.8 Å². The second kappa shape index (κ2) is 2.48. The molecule has 2 aliphatic heterocycles. The maximum atomic E-state index is 11.0. The number of carboxylic acid groups (broad SMARTS) is 1. The van der Waals surface area contributed by atoms with Crippen LogP contribution in [0.4, 0.5) is 0 Å². The van der Waals surface area contributed by atoms with E-state index in [1.54, 1.807) is 13.0 Å².